The van der Waals surface area contributed by atoms with Crippen LogP contribution in [0.2, 0.25) is 5.02 Å². The normalized spacial score (nSPS) is 22.2. The molecule has 0 aromatic heterocycles. The average molecular weight is 295 g/mol. The van der Waals surface area contributed by atoms with E-state index in [1.54, 1.807) is 18.2 Å². The van der Waals surface area contributed by atoms with Gasteiger partial charge in [0.15, 0.2) is 0 Å². The van der Waals surface area contributed by atoms with Gasteiger partial charge in [0.1, 0.15) is 5.75 Å². The summed E-state index contributed by atoms with van der Waals surface area (Å²) in [5.41, 5.74) is 2.02. The number of halogens is 1. The summed E-state index contributed by atoms with van der Waals surface area (Å²) in [6, 6.07) is 5.73. The van der Waals surface area contributed by atoms with Crippen LogP contribution >= 0.6 is 11.6 Å². The van der Waals surface area contributed by atoms with Crippen molar-refractivity contribution in [3.05, 3.63) is 34.4 Å². The second-order valence-electron chi connectivity index (χ2n) is 5.76. The van der Waals surface area contributed by atoms with Gasteiger partial charge < -0.3 is 10.0 Å². The van der Waals surface area contributed by atoms with Gasteiger partial charge in [-0.2, -0.15) is 0 Å². The summed E-state index contributed by atoms with van der Waals surface area (Å²) in [4.78, 5) is 4.84. The van der Waals surface area contributed by atoms with E-state index < -0.39 is 0 Å². The van der Waals surface area contributed by atoms with Gasteiger partial charge in [0, 0.05) is 42.8 Å². The first-order valence-corrected chi connectivity index (χ1v) is 7.42. The highest BCUT2D eigenvalue weighted by Gasteiger charge is 2.20. The Morgan fingerprint density at radius 1 is 1.45 bits per heavy atom. The minimum Gasteiger partial charge on any atom is -0.507 e. The van der Waals surface area contributed by atoms with Crippen molar-refractivity contribution in [2.75, 3.05) is 33.2 Å². The largest absolute Gasteiger partial charge is 0.507 e. The van der Waals surface area contributed by atoms with Crippen LogP contribution in [0.25, 0.3) is 6.08 Å². The lowest BCUT2D eigenvalue weighted by atomic mass is 10.1. The van der Waals surface area contributed by atoms with Crippen molar-refractivity contribution in [1.29, 1.82) is 0 Å². The molecule has 1 aliphatic heterocycles. The van der Waals surface area contributed by atoms with Gasteiger partial charge in [0.05, 0.1) is 0 Å². The van der Waals surface area contributed by atoms with Crippen LogP contribution in [0.4, 0.5) is 0 Å². The Morgan fingerprint density at radius 3 is 2.90 bits per heavy atom. The highest BCUT2D eigenvalue weighted by molar-refractivity contribution is 6.30. The number of nitrogens with zero attached hydrogens (tertiary/aromatic N) is 2. The molecule has 1 atom stereocenters. The molecule has 20 heavy (non-hydrogen) atoms. The summed E-state index contributed by atoms with van der Waals surface area (Å²) in [5.74, 6) is 0.278. The number of hydrogen-bond acceptors (Lipinski definition) is 3. The highest BCUT2D eigenvalue weighted by atomic mass is 35.5. The van der Waals surface area contributed by atoms with Crippen LogP contribution in [0.1, 0.15) is 19.4 Å². The first kappa shape index (κ1) is 15.4. The molecule has 0 radical (unpaired) electrons. The van der Waals surface area contributed by atoms with Crippen LogP contribution in [0, 0.1) is 0 Å². The molecule has 1 N–H and O–H groups in total. The SMILES string of the molecule is C/C(=C\c1cc(Cl)ccc1O)CN1CCN(C)[C@H](C)C1. The van der Waals surface area contributed by atoms with E-state index in [0.29, 0.717) is 11.1 Å². The lowest BCUT2D eigenvalue weighted by molar-refractivity contribution is 0.113. The molecule has 1 heterocycles. The summed E-state index contributed by atoms with van der Waals surface area (Å²) >= 11 is 5.97. The number of hydrogen-bond donors (Lipinski definition) is 1. The average Bonchev–Trinajstić information content (AvgIpc) is 2.38. The minimum atomic E-state index is 0.278. The van der Waals surface area contributed by atoms with E-state index in [2.05, 4.69) is 30.7 Å². The Morgan fingerprint density at radius 2 is 2.20 bits per heavy atom. The lowest BCUT2D eigenvalue weighted by Crippen LogP contribution is -2.50. The maximum Gasteiger partial charge on any atom is 0.122 e. The monoisotopic (exact) mass is 294 g/mol. The lowest BCUT2D eigenvalue weighted by Gasteiger charge is -2.37. The molecule has 0 spiro atoms. The quantitative estimate of drug-likeness (QED) is 0.928. The third kappa shape index (κ3) is 3.98. The van der Waals surface area contributed by atoms with Gasteiger partial charge in [-0.25, -0.2) is 0 Å². The van der Waals surface area contributed by atoms with Crippen molar-refractivity contribution in [3.63, 3.8) is 0 Å². The summed E-state index contributed by atoms with van der Waals surface area (Å²) in [5, 5.41) is 10.5. The smallest absolute Gasteiger partial charge is 0.122 e. The van der Waals surface area contributed by atoms with Crippen molar-refractivity contribution >= 4 is 17.7 Å². The number of aromatic hydroxyl groups is 1. The zero-order chi connectivity index (χ0) is 14.7. The number of phenolic OH excluding ortho intramolecular Hbond substituents is 1. The molecule has 0 saturated carbocycles. The van der Waals surface area contributed by atoms with E-state index >= 15 is 0 Å². The van der Waals surface area contributed by atoms with Crippen LogP contribution in [-0.4, -0.2) is 54.2 Å². The maximum atomic E-state index is 9.84. The summed E-state index contributed by atoms with van der Waals surface area (Å²) in [7, 11) is 2.18. The third-order valence-corrected chi connectivity index (χ3v) is 4.14. The van der Waals surface area contributed by atoms with Crippen molar-refractivity contribution in [2.45, 2.75) is 19.9 Å². The molecule has 2 rings (SSSR count). The zero-order valence-corrected chi connectivity index (χ0v) is 13.2. The fraction of sp³-hybridized carbons (Fsp3) is 0.500. The highest BCUT2D eigenvalue weighted by Crippen LogP contribution is 2.24. The van der Waals surface area contributed by atoms with Crippen molar-refractivity contribution in [1.82, 2.24) is 9.80 Å². The van der Waals surface area contributed by atoms with Crippen LogP contribution < -0.4 is 0 Å². The topological polar surface area (TPSA) is 26.7 Å². The predicted octanol–water partition coefficient (Wildman–Crippen LogP) is 3.08. The summed E-state index contributed by atoms with van der Waals surface area (Å²) in [6.45, 7) is 8.58. The van der Waals surface area contributed by atoms with Crippen molar-refractivity contribution in [2.24, 2.45) is 0 Å². The molecule has 110 valence electrons. The molecule has 1 saturated heterocycles. The molecule has 0 amide bonds. The predicted molar refractivity (Wildman–Crippen MR) is 85.3 cm³/mol. The molecule has 0 unspecified atom stereocenters. The molecule has 1 fully saturated rings. The van der Waals surface area contributed by atoms with Crippen LogP contribution in [0.15, 0.2) is 23.8 Å². The third-order valence-electron chi connectivity index (χ3n) is 3.91. The van der Waals surface area contributed by atoms with Gasteiger partial charge in [-0.3, -0.25) is 4.90 Å². The Labute approximate surface area is 126 Å². The molecule has 0 bridgehead atoms. The maximum absolute atomic E-state index is 9.84. The minimum absolute atomic E-state index is 0.278. The molecular weight excluding hydrogens is 272 g/mol. The number of rotatable bonds is 3. The Kier molecular flexibility index (Phi) is 5.08. The second kappa shape index (κ2) is 6.61. The van der Waals surface area contributed by atoms with E-state index in [0.717, 1.165) is 31.7 Å². The number of piperazine rings is 1. The van der Waals surface area contributed by atoms with Gasteiger partial charge in [-0.15, -0.1) is 0 Å². The van der Waals surface area contributed by atoms with Gasteiger partial charge in [-0.1, -0.05) is 23.3 Å². The van der Waals surface area contributed by atoms with E-state index in [-0.39, 0.29) is 5.75 Å². The molecule has 4 heteroatoms. The van der Waals surface area contributed by atoms with Crippen molar-refractivity contribution in [3.8, 4) is 5.75 Å². The van der Waals surface area contributed by atoms with Crippen LogP contribution in [0.5, 0.6) is 5.75 Å². The Balaban J connectivity index is 2.02. The van der Waals surface area contributed by atoms with E-state index in [1.807, 2.05) is 6.08 Å². The standard InChI is InChI=1S/C16H23ClN2O/c1-12(8-14-9-15(17)4-5-16(14)20)10-19-7-6-18(3)13(2)11-19/h4-5,8-9,13,20H,6-7,10-11H2,1-3H3/b12-8+/t13-/m1/s1. The molecule has 1 aromatic carbocycles. The molecular formula is C16H23ClN2O. The van der Waals surface area contributed by atoms with Gasteiger partial charge in [0.2, 0.25) is 0 Å². The number of benzene rings is 1. The number of phenols is 1. The molecule has 0 aliphatic carbocycles. The second-order valence-corrected chi connectivity index (χ2v) is 6.20. The number of likely N-dealkylation sites (N-methyl/N-ethyl adjacent to an activating group) is 1. The molecule has 1 aliphatic rings. The van der Waals surface area contributed by atoms with E-state index in [9.17, 15) is 5.11 Å². The van der Waals surface area contributed by atoms with Crippen LogP contribution in [0.3, 0.4) is 0 Å². The molecule has 1 aromatic rings. The van der Waals surface area contributed by atoms with Gasteiger partial charge >= 0.3 is 0 Å². The summed E-state index contributed by atoms with van der Waals surface area (Å²) < 4.78 is 0. The first-order chi connectivity index (χ1) is 9.45. The van der Waals surface area contributed by atoms with Crippen molar-refractivity contribution < 1.29 is 5.11 Å². The van der Waals surface area contributed by atoms with Gasteiger partial charge in [0.25, 0.3) is 0 Å². The fourth-order valence-electron chi connectivity index (χ4n) is 2.57. The fourth-order valence-corrected chi connectivity index (χ4v) is 2.75. The first-order valence-electron chi connectivity index (χ1n) is 7.04. The van der Waals surface area contributed by atoms with E-state index in [1.165, 1.54) is 5.57 Å². The zero-order valence-electron chi connectivity index (χ0n) is 12.4. The van der Waals surface area contributed by atoms with E-state index in [4.69, 9.17) is 11.6 Å². The Hall–Kier alpha value is -1.03. The van der Waals surface area contributed by atoms with Crippen LogP contribution in [-0.2, 0) is 0 Å². The van der Waals surface area contributed by atoms with Gasteiger partial charge in [-0.05, 0) is 39.1 Å². The molecule has 3 nitrogen and oxygen atoms in total. The Bertz CT molecular complexity index is 501. The summed E-state index contributed by atoms with van der Waals surface area (Å²) in [6.07, 6.45) is 2.02.